The number of alkyl halides is 1. The summed E-state index contributed by atoms with van der Waals surface area (Å²) in [4.78, 5) is 0. The van der Waals surface area contributed by atoms with Crippen molar-refractivity contribution in [3.05, 3.63) is 0 Å². The molecule has 1 N–H and O–H groups in total. The molecule has 0 aromatic carbocycles. The van der Waals surface area contributed by atoms with Gasteiger partial charge in [-0.1, -0.05) is 22.6 Å². The molecule has 1 heterocycles. The molecule has 1 saturated heterocycles. The molecule has 2 unspecified atom stereocenters. The summed E-state index contributed by atoms with van der Waals surface area (Å²) in [7, 11) is 0. The lowest BCUT2D eigenvalue weighted by Crippen LogP contribution is -2.37. The highest BCUT2D eigenvalue weighted by Gasteiger charge is 2.33. The molecule has 58 valence electrons. The first-order chi connectivity index (χ1) is 4.86. The van der Waals surface area contributed by atoms with Gasteiger partial charge in [-0.2, -0.15) is 0 Å². The van der Waals surface area contributed by atoms with Crippen LogP contribution in [0.4, 0.5) is 0 Å². The van der Waals surface area contributed by atoms with Crippen LogP contribution in [0.15, 0.2) is 0 Å². The molecule has 0 radical (unpaired) electrons. The van der Waals surface area contributed by atoms with Gasteiger partial charge in [0.1, 0.15) is 0 Å². The van der Waals surface area contributed by atoms with Gasteiger partial charge in [0.05, 0.1) is 0 Å². The van der Waals surface area contributed by atoms with Crippen molar-refractivity contribution < 1.29 is 0 Å². The minimum absolute atomic E-state index is 0.900. The number of hydrogen-bond acceptors (Lipinski definition) is 1. The first kappa shape index (κ1) is 7.35. The molecule has 2 fully saturated rings. The zero-order valence-corrected chi connectivity index (χ0v) is 8.30. The molecule has 2 rings (SSSR count). The minimum Gasteiger partial charge on any atom is -0.315 e. The van der Waals surface area contributed by atoms with Crippen LogP contribution < -0.4 is 5.32 Å². The maximum Gasteiger partial charge on any atom is 0.0238 e. The molecule has 0 amide bonds. The molecule has 1 aliphatic heterocycles. The lowest BCUT2D eigenvalue weighted by molar-refractivity contribution is 0.354. The molecule has 0 spiro atoms. The standard InChI is InChI=1S/C8H14IN/c9-8-3-7(4-10-5-8)6-1-2-6/h6-8,10H,1-5H2. The Balaban J connectivity index is 1.84. The molecule has 2 atom stereocenters. The van der Waals surface area contributed by atoms with Gasteiger partial charge >= 0.3 is 0 Å². The highest BCUT2D eigenvalue weighted by Crippen LogP contribution is 2.40. The van der Waals surface area contributed by atoms with E-state index in [9.17, 15) is 0 Å². The van der Waals surface area contributed by atoms with Crippen LogP contribution in [-0.4, -0.2) is 17.0 Å². The largest absolute Gasteiger partial charge is 0.315 e. The predicted molar refractivity (Wildman–Crippen MR) is 51.5 cm³/mol. The average Bonchev–Trinajstić information content (AvgIpc) is 2.68. The van der Waals surface area contributed by atoms with E-state index in [1.807, 2.05) is 0 Å². The predicted octanol–water partition coefficient (Wildman–Crippen LogP) is 1.81. The smallest absolute Gasteiger partial charge is 0.0238 e. The van der Waals surface area contributed by atoms with Crippen LogP contribution in [0.5, 0.6) is 0 Å². The zero-order chi connectivity index (χ0) is 6.97. The minimum atomic E-state index is 0.900. The maximum atomic E-state index is 3.50. The number of rotatable bonds is 1. The Morgan fingerprint density at radius 3 is 2.50 bits per heavy atom. The van der Waals surface area contributed by atoms with E-state index in [0.29, 0.717) is 0 Å². The number of nitrogens with one attached hydrogen (secondary N) is 1. The quantitative estimate of drug-likeness (QED) is 0.553. The van der Waals surface area contributed by atoms with Crippen molar-refractivity contribution in [2.45, 2.75) is 23.2 Å². The van der Waals surface area contributed by atoms with Crippen LogP contribution in [0, 0.1) is 11.8 Å². The van der Waals surface area contributed by atoms with Gasteiger partial charge in [-0.25, -0.2) is 0 Å². The van der Waals surface area contributed by atoms with Gasteiger partial charge in [-0.05, 0) is 37.6 Å². The lowest BCUT2D eigenvalue weighted by Gasteiger charge is -2.26. The fourth-order valence-corrected chi connectivity index (χ4v) is 2.81. The first-order valence-electron chi connectivity index (χ1n) is 4.21. The van der Waals surface area contributed by atoms with Gasteiger partial charge < -0.3 is 5.32 Å². The van der Waals surface area contributed by atoms with E-state index in [0.717, 1.165) is 15.8 Å². The summed E-state index contributed by atoms with van der Waals surface area (Å²) in [5.74, 6) is 2.13. The van der Waals surface area contributed by atoms with E-state index in [-0.39, 0.29) is 0 Å². The Kier molecular flexibility index (Phi) is 2.18. The Morgan fingerprint density at radius 1 is 1.10 bits per heavy atom. The summed E-state index contributed by atoms with van der Waals surface area (Å²) in [6.07, 6.45) is 4.49. The zero-order valence-electron chi connectivity index (χ0n) is 6.15. The van der Waals surface area contributed by atoms with Gasteiger partial charge in [-0.3, -0.25) is 0 Å². The van der Waals surface area contributed by atoms with Crippen molar-refractivity contribution in [1.29, 1.82) is 0 Å². The topological polar surface area (TPSA) is 12.0 Å². The van der Waals surface area contributed by atoms with E-state index in [2.05, 4.69) is 27.9 Å². The normalized spacial score (nSPS) is 41.7. The van der Waals surface area contributed by atoms with Crippen LogP contribution in [0.3, 0.4) is 0 Å². The molecule has 1 aliphatic carbocycles. The Bertz CT molecular complexity index is 122. The van der Waals surface area contributed by atoms with Gasteiger partial charge in [0.2, 0.25) is 0 Å². The molecule has 1 saturated carbocycles. The number of hydrogen-bond donors (Lipinski definition) is 1. The molecule has 2 heteroatoms. The molecule has 1 nitrogen and oxygen atoms in total. The van der Waals surface area contributed by atoms with Gasteiger partial charge in [0.25, 0.3) is 0 Å². The van der Waals surface area contributed by atoms with Crippen molar-refractivity contribution in [1.82, 2.24) is 5.32 Å². The highest BCUT2D eigenvalue weighted by atomic mass is 127. The highest BCUT2D eigenvalue weighted by molar-refractivity contribution is 14.1. The van der Waals surface area contributed by atoms with E-state index in [1.54, 1.807) is 0 Å². The molecule has 0 bridgehead atoms. The summed E-state index contributed by atoms with van der Waals surface area (Å²) in [5, 5.41) is 3.50. The van der Waals surface area contributed by atoms with Gasteiger partial charge in [0.15, 0.2) is 0 Å². The summed E-state index contributed by atoms with van der Waals surface area (Å²) < 4.78 is 0.900. The van der Waals surface area contributed by atoms with Crippen LogP contribution in [0.25, 0.3) is 0 Å². The van der Waals surface area contributed by atoms with Crippen LogP contribution in [-0.2, 0) is 0 Å². The second-order valence-electron chi connectivity index (χ2n) is 3.59. The summed E-state index contributed by atoms with van der Waals surface area (Å²) in [6.45, 7) is 2.54. The van der Waals surface area contributed by atoms with Crippen molar-refractivity contribution in [2.24, 2.45) is 11.8 Å². The number of halogens is 1. The summed E-state index contributed by atoms with van der Waals surface area (Å²) >= 11 is 2.57. The van der Waals surface area contributed by atoms with E-state index < -0.39 is 0 Å². The Hall–Kier alpha value is 0.690. The number of piperidine rings is 1. The third-order valence-electron chi connectivity index (χ3n) is 2.62. The molecule has 10 heavy (non-hydrogen) atoms. The Morgan fingerprint density at radius 2 is 1.90 bits per heavy atom. The molecule has 2 aliphatic rings. The SMILES string of the molecule is IC1CNCC(C2CC2)C1. The monoisotopic (exact) mass is 251 g/mol. The maximum absolute atomic E-state index is 3.50. The van der Waals surface area contributed by atoms with Crippen LogP contribution in [0.2, 0.25) is 0 Å². The van der Waals surface area contributed by atoms with E-state index >= 15 is 0 Å². The van der Waals surface area contributed by atoms with Crippen molar-refractivity contribution in [3.63, 3.8) is 0 Å². The second-order valence-corrected chi connectivity index (χ2v) is 5.35. The first-order valence-corrected chi connectivity index (χ1v) is 5.45. The fourth-order valence-electron chi connectivity index (χ4n) is 1.85. The Labute approximate surface area is 76.1 Å². The molecular formula is C8H14IN. The van der Waals surface area contributed by atoms with E-state index in [1.165, 1.54) is 32.4 Å². The van der Waals surface area contributed by atoms with Crippen molar-refractivity contribution >= 4 is 22.6 Å². The fraction of sp³-hybridized carbons (Fsp3) is 1.00. The molecule has 0 aromatic rings. The summed E-state index contributed by atoms with van der Waals surface area (Å²) in [6, 6.07) is 0. The third-order valence-corrected chi connectivity index (χ3v) is 3.57. The van der Waals surface area contributed by atoms with E-state index in [4.69, 9.17) is 0 Å². The average molecular weight is 251 g/mol. The van der Waals surface area contributed by atoms with Crippen LogP contribution in [0.1, 0.15) is 19.3 Å². The second kappa shape index (κ2) is 2.97. The van der Waals surface area contributed by atoms with Crippen molar-refractivity contribution in [3.8, 4) is 0 Å². The van der Waals surface area contributed by atoms with Crippen LogP contribution >= 0.6 is 22.6 Å². The lowest BCUT2D eigenvalue weighted by atomic mass is 9.95. The van der Waals surface area contributed by atoms with Gasteiger partial charge in [0, 0.05) is 10.5 Å². The molecule has 0 aromatic heterocycles. The third kappa shape index (κ3) is 1.64. The summed E-state index contributed by atoms with van der Waals surface area (Å²) in [5.41, 5.74) is 0. The molecular weight excluding hydrogens is 237 g/mol. The van der Waals surface area contributed by atoms with Gasteiger partial charge in [-0.15, -0.1) is 0 Å². The van der Waals surface area contributed by atoms with Crippen molar-refractivity contribution in [2.75, 3.05) is 13.1 Å².